The summed E-state index contributed by atoms with van der Waals surface area (Å²) >= 11 is 0. The molecule has 2 bridgehead atoms. The molecule has 2 amide bonds. The van der Waals surface area contributed by atoms with Gasteiger partial charge < -0.3 is 24.4 Å². The summed E-state index contributed by atoms with van der Waals surface area (Å²) in [6, 6.07) is -0.919. The first kappa shape index (κ1) is 24.5. The van der Waals surface area contributed by atoms with Crippen molar-refractivity contribution in [2.75, 3.05) is 26.3 Å². The SMILES string of the molecule is C=CCOC(=O)[C@@H]1[C@H]2C(=O)N(CCO)C(C(=O)N(CC=C)C(C)(C)C)C23CC[C@@]1(CC)O3. The van der Waals surface area contributed by atoms with Gasteiger partial charge in [0.05, 0.1) is 18.1 Å². The van der Waals surface area contributed by atoms with E-state index in [4.69, 9.17) is 9.47 Å². The van der Waals surface area contributed by atoms with Crippen molar-refractivity contribution >= 4 is 17.8 Å². The molecule has 0 aliphatic carbocycles. The number of aliphatic hydroxyl groups is 1. The lowest BCUT2D eigenvalue weighted by atomic mass is 9.65. The summed E-state index contributed by atoms with van der Waals surface area (Å²) in [4.78, 5) is 43.8. The average molecular weight is 449 g/mol. The number of β-amino-alcohol motifs (C(OH)–C–C–N with tert-alkyl or cyclic N) is 1. The number of esters is 1. The van der Waals surface area contributed by atoms with Crippen molar-refractivity contribution in [3.05, 3.63) is 25.3 Å². The molecule has 3 saturated heterocycles. The Morgan fingerprint density at radius 1 is 1.31 bits per heavy atom. The number of hydrogen-bond acceptors (Lipinski definition) is 6. The van der Waals surface area contributed by atoms with Crippen LogP contribution >= 0.6 is 0 Å². The fourth-order valence-corrected chi connectivity index (χ4v) is 5.91. The Morgan fingerprint density at radius 3 is 2.53 bits per heavy atom. The minimum Gasteiger partial charge on any atom is -0.461 e. The Kier molecular flexibility index (Phi) is 6.60. The van der Waals surface area contributed by atoms with Crippen LogP contribution in [0.5, 0.6) is 0 Å². The van der Waals surface area contributed by atoms with Crippen LogP contribution in [0.4, 0.5) is 0 Å². The summed E-state index contributed by atoms with van der Waals surface area (Å²) in [5.74, 6) is -2.70. The predicted octanol–water partition coefficient (Wildman–Crippen LogP) is 1.68. The molecule has 3 aliphatic heterocycles. The maximum atomic E-state index is 14.0. The number of aliphatic hydroxyl groups excluding tert-OH is 1. The van der Waals surface area contributed by atoms with E-state index < -0.39 is 40.6 Å². The third-order valence-electron chi connectivity index (χ3n) is 7.24. The molecule has 0 saturated carbocycles. The van der Waals surface area contributed by atoms with Crippen molar-refractivity contribution in [2.24, 2.45) is 11.8 Å². The number of carbonyl (C=O) groups excluding carboxylic acids is 3. The first-order valence-corrected chi connectivity index (χ1v) is 11.4. The molecule has 8 heteroatoms. The topological polar surface area (TPSA) is 96.4 Å². The molecule has 1 N–H and O–H groups in total. The van der Waals surface area contributed by atoms with Crippen LogP contribution in [0.15, 0.2) is 25.3 Å². The van der Waals surface area contributed by atoms with E-state index in [0.717, 1.165) is 0 Å². The molecular formula is C24H36N2O6. The summed E-state index contributed by atoms with van der Waals surface area (Å²) in [5.41, 5.74) is -2.48. The van der Waals surface area contributed by atoms with Crippen LogP contribution in [0.25, 0.3) is 0 Å². The fourth-order valence-electron chi connectivity index (χ4n) is 5.91. The molecule has 8 nitrogen and oxygen atoms in total. The van der Waals surface area contributed by atoms with Crippen LogP contribution in [0, 0.1) is 11.8 Å². The third kappa shape index (κ3) is 3.48. The Labute approximate surface area is 190 Å². The molecule has 3 rings (SSSR count). The van der Waals surface area contributed by atoms with Gasteiger partial charge in [-0.2, -0.15) is 0 Å². The number of rotatable bonds is 9. The number of likely N-dealkylation sites (tertiary alicyclic amines) is 1. The summed E-state index contributed by atoms with van der Waals surface area (Å²) in [6.07, 6.45) is 4.73. The van der Waals surface area contributed by atoms with Gasteiger partial charge in [-0.15, -0.1) is 6.58 Å². The molecule has 32 heavy (non-hydrogen) atoms. The van der Waals surface area contributed by atoms with E-state index in [9.17, 15) is 19.5 Å². The van der Waals surface area contributed by atoms with Crippen molar-refractivity contribution in [3.8, 4) is 0 Å². The maximum absolute atomic E-state index is 14.0. The van der Waals surface area contributed by atoms with Crippen LogP contribution in [0.1, 0.15) is 47.0 Å². The van der Waals surface area contributed by atoms with Crippen LogP contribution < -0.4 is 0 Å². The normalized spacial score (nSPS) is 33.2. The van der Waals surface area contributed by atoms with Gasteiger partial charge in [0, 0.05) is 18.6 Å². The standard InChI is InChI=1S/C24H36N2O6/c1-7-12-26(22(4,5)6)20(29)18-24-11-10-23(9-3,32-24)17(21(30)31-15-8-2)16(24)19(28)25(18)13-14-27/h7-8,16-18,27H,1-2,9-15H2,3-6H3/t16-,17-,18?,23+,24?/m0/s1. The fraction of sp³-hybridized carbons (Fsp3) is 0.708. The second-order valence-electron chi connectivity index (χ2n) is 9.92. The third-order valence-corrected chi connectivity index (χ3v) is 7.24. The highest BCUT2D eigenvalue weighted by atomic mass is 16.6. The van der Waals surface area contributed by atoms with Gasteiger partial charge in [0.2, 0.25) is 11.8 Å². The summed E-state index contributed by atoms with van der Waals surface area (Å²) in [6.45, 7) is 15.1. The summed E-state index contributed by atoms with van der Waals surface area (Å²) in [5, 5.41) is 9.69. The minimum absolute atomic E-state index is 0.00350. The van der Waals surface area contributed by atoms with Gasteiger partial charge in [0.15, 0.2) is 0 Å². The molecule has 1 spiro atoms. The lowest BCUT2D eigenvalue weighted by molar-refractivity contribution is -0.162. The van der Waals surface area contributed by atoms with Crippen LogP contribution in [0.2, 0.25) is 0 Å². The number of amides is 2. The highest BCUT2D eigenvalue weighted by Crippen LogP contribution is 2.64. The van der Waals surface area contributed by atoms with Crippen molar-refractivity contribution in [1.29, 1.82) is 0 Å². The number of nitrogens with zero attached hydrogens (tertiary/aromatic N) is 2. The van der Waals surface area contributed by atoms with Crippen molar-refractivity contribution in [1.82, 2.24) is 9.80 Å². The zero-order valence-electron chi connectivity index (χ0n) is 19.6. The van der Waals surface area contributed by atoms with Crippen LogP contribution in [-0.2, 0) is 23.9 Å². The summed E-state index contributed by atoms with van der Waals surface area (Å²) in [7, 11) is 0. The van der Waals surface area contributed by atoms with E-state index in [2.05, 4.69) is 13.2 Å². The zero-order chi connectivity index (χ0) is 23.9. The van der Waals surface area contributed by atoms with Crippen LogP contribution in [0.3, 0.4) is 0 Å². The van der Waals surface area contributed by atoms with Crippen LogP contribution in [-0.4, -0.2) is 81.8 Å². The maximum Gasteiger partial charge on any atom is 0.313 e. The van der Waals surface area contributed by atoms with Crippen molar-refractivity contribution in [2.45, 2.75) is 69.7 Å². The van der Waals surface area contributed by atoms with Crippen molar-refractivity contribution in [3.63, 3.8) is 0 Å². The Hall–Kier alpha value is -2.19. The molecule has 0 radical (unpaired) electrons. The van der Waals surface area contributed by atoms with Gasteiger partial charge >= 0.3 is 5.97 Å². The van der Waals surface area contributed by atoms with Gasteiger partial charge in [-0.05, 0) is 40.0 Å². The first-order valence-electron chi connectivity index (χ1n) is 11.4. The van der Waals surface area contributed by atoms with Gasteiger partial charge in [-0.1, -0.05) is 25.7 Å². The van der Waals surface area contributed by atoms with Gasteiger partial charge in [-0.25, -0.2) is 0 Å². The number of hydrogen-bond donors (Lipinski definition) is 1. The van der Waals surface area contributed by atoms with E-state index in [0.29, 0.717) is 25.8 Å². The lowest BCUT2D eigenvalue weighted by Crippen LogP contribution is -2.60. The van der Waals surface area contributed by atoms with E-state index in [1.165, 1.54) is 11.0 Å². The molecular weight excluding hydrogens is 412 g/mol. The number of ether oxygens (including phenoxy) is 2. The largest absolute Gasteiger partial charge is 0.461 e. The van der Waals surface area contributed by atoms with E-state index in [1.54, 1.807) is 11.0 Å². The molecule has 3 heterocycles. The second kappa shape index (κ2) is 8.63. The quantitative estimate of drug-likeness (QED) is 0.426. The lowest BCUT2D eigenvalue weighted by Gasteiger charge is -2.42. The molecule has 0 aromatic carbocycles. The molecule has 5 atom stereocenters. The summed E-state index contributed by atoms with van der Waals surface area (Å²) < 4.78 is 12.0. The Bertz CT molecular complexity index is 805. The molecule has 2 unspecified atom stereocenters. The predicted molar refractivity (Wildman–Crippen MR) is 118 cm³/mol. The average Bonchev–Trinajstić information content (AvgIpc) is 3.33. The number of fused-ring (bicyclic) bond motifs is 1. The monoisotopic (exact) mass is 448 g/mol. The highest BCUT2D eigenvalue weighted by molar-refractivity contribution is 5.98. The molecule has 3 aliphatic rings. The first-order chi connectivity index (χ1) is 15.0. The second-order valence-corrected chi connectivity index (χ2v) is 9.92. The Morgan fingerprint density at radius 2 is 2.00 bits per heavy atom. The van der Waals surface area contributed by atoms with Gasteiger partial charge in [0.25, 0.3) is 0 Å². The molecule has 0 aromatic rings. The highest BCUT2D eigenvalue weighted by Gasteiger charge is 2.79. The van der Waals surface area contributed by atoms with E-state index in [1.807, 2.05) is 27.7 Å². The minimum atomic E-state index is -1.12. The number of carbonyl (C=O) groups is 3. The van der Waals surface area contributed by atoms with E-state index >= 15 is 0 Å². The molecule has 3 fully saturated rings. The van der Waals surface area contributed by atoms with Gasteiger partial charge in [0.1, 0.15) is 24.2 Å². The van der Waals surface area contributed by atoms with Gasteiger partial charge in [-0.3, -0.25) is 14.4 Å². The Balaban J connectivity index is 2.10. The van der Waals surface area contributed by atoms with E-state index in [-0.39, 0.29) is 31.6 Å². The molecule has 178 valence electrons. The smallest absolute Gasteiger partial charge is 0.313 e. The molecule has 0 aromatic heterocycles. The van der Waals surface area contributed by atoms with Crippen molar-refractivity contribution < 1.29 is 29.0 Å². The zero-order valence-corrected chi connectivity index (χ0v) is 19.6.